The van der Waals surface area contributed by atoms with Crippen molar-refractivity contribution in [3.05, 3.63) is 36.4 Å². The zero-order valence-corrected chi connectivity index (χ0v) is 11.7. The number of nitrogens with zero attached hydrogens (tertiary/aromatic N) is 3. The number of anilines is 1. The molecule has 0 atom stereocenters. The number of hydrogen-bond donors (Lipinski definition) is 1. The highest BCUT2D eigenvalue weighted by atomic mass is 16.5. The third kappa shape index (κ3) is 3.23. The maximum Gasteiger partial charge on any atom is 0.149 e. The molecule has 1 N–H and O–H groups in total. The van der Waals surface area contributed by atoms with Gasteiger partial charge in [-0.15, -0.1) is 10.2 Å². The molecule has 0 saturated carbocycles. The van der Waals surface area contributed by atoms with E-state index in [4.69, 9.17) is 10.00 Å². The fourth-order valence-corrected chi connectivity index (χ4v) is 1.66. The van der Waals surface area contributed by atoms with Gasteiger partial charge in [-0.25, -0.2) is 0 Å². The summed E-state index contributed by atoms with van der Waals surface area (Å²) in [6, 6.07) is 13.4. The van der Waals surface area contributed by atoms with Gasteiger partial charge in [0, 0.05) is 5.56 Å². The molecular formula is C15H16N4O. The summed E-state index contributed by atoms with van der Waals surface area (Å²) in [6.07, 6.45) is 0. The summed E-state index contributed by atoms with van der Waals surface area (Å²) in [6.45, 7) is 3.57. The van der Waals surface area contributed by atoms with Crippen molar-refractivity contribution in [3.8, 4) is 23.1 Å². The van der Waals surface area contributed by atoms with E-state index in [-0.39, 0.29) is 0 Å². The van der Waals surface area contributed by atoms with Gasteiger partial charge in [-0.05, 0) is 50.2 Å². The summed E-state index contributed by atoms with van der Waals surface area (Å²) in [7, 11) is 1.63. The van der Waals surface area contributed by atoms with Crippen molar-refractivity contribution in [1.29, 1.82) is 5.26 Å². The molecule has 0 aliphatic heterocycles. The van der Waals surface area contributed by atoms with Crippen LogP contribution in [0.2, 0.25) is 0 Å². The van der Waals surface area contributed by atoms with Crippen LogP contribution >= 0.6 is 0 Å². The Morgan fingerprint density at radius 2 is 1.80 bits per heavy atom. The zero-order valence-electron chi connectivity index (χ0n) is 11.7. The number of nitrogens with one attached hydrogen (secondary N) is 1. The number of hydrogen-bond acceptors (Lipinski definition) is 5. The fourth-order valence-electron chi connectivity index (χ4n) is 1.66. The largest absolute Gasteiger partial charge is 0.497 e. The lowest BCUT2D eigenvalue weighted by molar-refractivity contribution is 0.415. The lowest BCUT2D eigenvalue weighted by Crippen LogP contribution is -2.29. The van der Waals surface area contributed by atoms with Gasteiger partial charge in [-0.3, -0.25) is 0 Å². The Morgan fingerprint density at radius 1 is 1.10 bits per heavy atom. The first-order valence-corrected chi connectivity index (χ1v) is 6.22. The average Bonchev–Trinajstić information content (AvgIpc) is 2.48. The highest BCUT2D eigenvalue weighted by Gasteiger charge is 2.16. The maximum atomic E-state index is 8.96. The Hall–Kier alpha value is -2.61. The molecule has 20 heavy (non-hydrogen) atoms. The topological polar surface area (TPSA) is 70.8 Å². The highest BCUT2D eigenvalue weighted by Crippen LogP contribution is 2.21. The average molecular weight is 268 g/mol. The van der Waals surface area contributed by atoms with Crippen LogP contribution in [0.3, 0.4) is 0 Å². The first kappa shape index (κ1) is 13.8. The van der Waals surface area contributed by atoms with Crippen molar-refractivity contribution in [2.75, 3.05) is 12.4 Å². The lowest BCUT2D eigenvalue weighted by atomic mass is 10.1. The van der Waals surface area contributed by atoms with E-state index in [9.17, 15) is 0 Å². The summed E-state index contributed by atoms with van der Waals surface area (Å²) in [5.41, 5.74) is 1.06. The molecule has 0 amide bonds. The van der Waals surface area contributed by atoms with Gasteiger partial charge in [-0.2, -0.15) is 5.26 Å². The third-order valence-electron chi connectivity index (χ3n) is 2.77. The van der Waals surface area contributed by atoms with E-state index in [0.29, 0.717) is 5.82 Å². The van der Waals surface area contributed by atoms with Crippen LogP contribution in [-0.2, 0) is 0 Å². The molecule has 0 aliphatic rings. The second kappa shape index (κ2) is 5.57. The predicted octanol–water partition coefficient (Wildman–Crippen LogP) is 2.87. The van der Waals surface area contributed by atoms with Crippen molar-refractivity contribution in [1.82, 2.24) is 10.2 Å². The Kier molecular flexibility index (Phi) is 3.85. The molecule has 2 aromatic rings. The molecule has 5 heteroatoms. The van der Waals surface area contributed by atoms with E-state index in [1.807, 2.05) is 36.4 Å². The molecule has 2 rings (SSSR count). The monoisotopic (exact) mass is 268 g/mol. The molecule has 102 valence electrons. The zero-order chi connectivity index (χ0) is 14.6. The molecule has 0 fully saturated rings. The van der Waals surface area contributed by atoms with Gasteiger partial charge in [0.25, 0.3) is 0 Å². The van der Waals surface area contributed by atoms with Crippen LogP contribution in [0, 0.1) is 11.3 Å². The van der Waals surface area contributed by atoms with Gasteiger partial charge >= 0.3 is 0 Å². The standard InChI is InChI=1S/C15H16N4O/c1-15(2,10-16)17-14-9-8-13(18-19-14)11-4-6-12(20-3)7-5-11/h4-9H,1-3H3,(H,17,19). The molecule has 1 aromatic heterocycles. The second-order valence-corrected chi connectivity index (χ2v) is 4.89. The van der Waals surface area contributed by atoms with E-state index in [2.05, 4.69) is 21.6 Å². The van der Waals surface area contributed by atoms with Crippen LogP contribution < -0.4 is 10.1 Å². The number of aromatic nitrogens is 2. The van der Waals surface area contributed by atoms with Crippen LogP contribution in [0.5, 0.6) is 5.75 Å². The van der Waals surface area contributed by atoms with Crippen molar-refractivity contribution in [2.24, 2.45) is 0 Å². The first-order valence-electron chi connectivity index (χ1n) is 6.22. The van der Waals surface area contributed by atoms with Crippen LogP contribution in [0.25, 0.3) is 11.3 Å². The Labute approximate surface area is 118 Å². The van der Waals surface area contributed by atoms with Crippen molar-refractivity contribution in [3.63, 3.8) is 0 Å². The number of methoxy groups -OCH3 is 1. The Bertz CT molecular complexity index is 612. The van der Waals surface area contributed by atoms with Crippen LogP contribution in [0.4, 0.5) is 5.82 Å². The van der Waals surface area contributed by atoms with Gasteiger partial charge in [0.1, 0.15) is 17.1 Å². The summed E-state index contributed by atoms with van der Waals surface area (Å²) in [4.78, 5) is 0. The SMILES string of the molecule is COc1ccc(-c2ccc(NC(C)(C)C#N)nn2)cc1. The first-order chi connectivity index (χ1) is 9.54. The summed E-state index contributed by atoms with van der Waals surface area (Å²) in [5, 5.41) is 20.2. The normalized spacial score (nSPS) is 10.7. The number of rotatable bonds is 4. The molecule has 0 saturated heterocycles. The van der Waals surface area contributed by atoms with Crippen LogP contribution in [0.15, 0.2) is 36.4 Å². The maximum absolute atomic E-state index is 8.96. The molecule has 1 aromatic carbocycles. The van der Waals surface area contributed by atoms with E-state index < -0.39 is 5.54 Å². The van der Waals surface area contributed by atoms with Gasteiger partial charge in [0.15, 0.2) is 0 Å². The van der Waals surface area contributed by atoms with Gasteiger partial charge in [0.2, 0.25) is 0 Å². The van der Waals surface area contributed by atoms with Crippen LogP contribution in [-0.4, -0.2) is 22.8 Å². The van der Waals surface area contributed by atoms with Crippen LogP contribution in [0.1, 0.15) is 13.8 Å². The van der Waals surface area contributed by atoms with Crippen molar-refractivity contribution in [2.45, 2.75) is 19.4 Å². The van der Waals surface area contributed by atoms with Crippen molar-refractivity contribution < 1.29 is 4.74 Å². The molecule has 0 aliphatic carbocycles. The molecule has 0 bridgehead atoms. The molecule has 0 radical (unpaired) electrons. The third-order valence-corrected chi connectivity index (χ3v) is 2.77. The number of nitriles is 1. The van der Waals surface area contributed by atoms with E-state index >= 15 is 0 Å². The highest BCUT2D eigenvalue weighted by molar-refractivity contribution is 5.60. The van der Waals surface area contributed by atoms with E-state index in [1.165, 1.54) is 0 Å². The van der Waals surface area contributed by atoms with E-state index in [1.54, 1.807) is 21.0 Å². The van der Waals surface area contributed by atoms with Gasteiger partial charge in [-0.1, -0.05) is 0 Å². The molecule has 5 nitrogen and oxygen atoms in total. The van der Waals surface area contributed by atoms with E-state index in [0.717, 1.165) is 17.0 Å². The lowest BCUT2D eigenvalue weighted by Gasteiger charge is -2.17. The predicted molar refractivity (Wildman–Crippen MR) is 77.3 cm³/mol. The Balaban J connectivity index is 2.17. The summed E-state index contributed by atoms with van der Waals surface area (Å²) < 4.78 is 5.11. The minimum absolute atomic E-state index is 0.578. The fraction of sp³-hybridized carbons (Fsp3) is 0.267. The number of ether oxygens (including phenoxy) is 1. The smallest absolute Gasteiger partial charge is 0.149 e. The Morgan fingerprint density at radius 3 is 2.30 bits per heavy atom. The van der Waals surface area contributed by atoms with Gasteiger partial charge < -0.3 is 10.1 Å². The molecule has 0 unspecified atom stereocenters. The minimum atomic E-state index is -0.670. The minimum Gasteiger partial charge on any atom is -0.497 e. The summed E-state index contributed by atoms with van der Waals surface area (Å²) in [5.74, 6) is 1.38. The quantitative estimate of drug-likeness (QED) is 0.923. The molecular weight excluding hydrogens is 252 g/mol. The van der Waals surface area contributed by atoms with Crippen molar-refractivity contribution >= 4 is 5.82 Å². The second-order valence-electron chi connectivity index (χ2n) is 4.89. The molecule has 1 heterocycles. The summed E-state index contributed by atoms with van der Waals surface area (Å²) >= 11 is 0. The number of benzene rings is 1. The van der Waals surface area contributed by atoms with Gasteiger partial charge in [0.05, 0.1) is 18.9 Å². The molecule has 0 spiro atoms.